The Morgan fingerprint density at radius 2 is 1.86 bits per heavy atom. The van der Waals surface area contributed by atoms with Crippen LogP contribution in [0, 0.1) is 13.8 Å². The van der Waals surface area contributed by atoms with E-state index in [4.69, 9.17) is 0 Å². The van der Waals surface area contributed by atoms with E-state index in [1.165, 1.54) is 39.3 Å². The molecular formula is C26H21N3O3S3. The fraction of sp³-hybridized carbons (Fsp3) is 0.154. The van der Waals surface area contributed by atoms with Crippen LogP contribution in [0.5, 0.6) is 0 Å². The van der Waals surface area contributed by atoms with Gasteiger partial charge in [-0.3, -0.25) is 14.5 Å². The lowest BCUT2D eigenvalue weighted by atomic mass is 9.96. The fourth-order valence-corrected chi connectivity index (χ4v) is 6.61. The molecule has 1 aliphatic rings. The summed E-state index contributed by atoms with van der Waals surface area (Å²) in [6.07, 6.45) is 0. The van der Waals surface area contributed by atoms with Crippen LogP contribution >= 0.6 is 34.4 Å². The number of rotatable bonds is 6. The van der Waals surface area contributed by atoms with E-state index < -0.39 is 17.7 Å². The maximum Gasteiger partial charge on any atom is 0.301 e. The second-order valence-corrected chi connectivity index (χ2v) is 11.3. The van der Waals surface area contributed by atoms with Crippen LogP contribution in [0.2, 0.25) is 0 Å². The van der Waals surface area contributed by atoms with Crippen molar-refractivity contribution in [3.05, 3.63) is 98.7 Å². The van der Waals surface area contributed by atoms with Crippen molar-refractivity contribution in [1.29, 1.82) is 0 Å². The smallest absolute Gasteiger partial charge is 0.301 e. The molecule has 5 rings (SSSR count). The van der Waals surface area contributed by atoms with Crippen molar-refractivity contribution in [1.82, 2.24) is 10.2 Å². The second-order valence-electron chi connectivity index (χ2n) is 8.13. The molecule has 2 aromatic heterocycles. The third-order valence-corrected chi connectivity index (χ3v) is 8.76. The molecule has 1 saturated heterocycles. The number of aliphatic hydroxyl groups excluding tert-OH is 1. The average Bonchev–Trinajstić information content (AvgIpc) is 3.60. The van der Waals surface area contributed by atoms with Gasteiger partial charge in [-0.25, -0.2) is 0 Å². The van der Waals surface area contributed by atoms with Gasteiger partial charge in [-0.1, -0.05) is 77.2 Å². The topological polar surface area (TPSA) is 83.4 Å². The largest absolute Gasteiger partial charge is 0.507 e. The van der Waals surface area contributed by atoms with Crippen LogP contribution < -0.4 is 4.90 Å². The summed E-state index contributed by atoms with van der Waals surface area (Å²) in [6, 6.07) is 18.6. The maximum atomic E-state index is 13.3. The molecule has 1 N–H and O–H groups in total. The van der Waals surface area contributed by atoms with Crippen molar-refractivity contribution in [2.24, 2.45) is 0 Å². The highest BCUT2D eigenvalue weighted by Gasteiger charge is 2.49. The molecule has 1 atom stereocenters. The second kappa shape index (κ2) is 9.77. The van der Waals surface area contributed by atoms with Crippen molar-refractivity contribution >= 4 is 57.0 Å². The number of anilines is 1. The number of benzene rings is 2. The lowest BCUT2D eigenvalue weighted by Crippen LogP contribution is -2.29. The Hall–Kier alpha value is -3.27. The van der Waals surface area contributed by atoms with Gasteiger partial charge in [-0.05, 0) is 42.5 Å². The summed E-state index contributed by atoms with van der Waals surface area (Å²) in [4.78, 5) is 28.7. The number of amides is 1. The van der Waals surface area contributed by atoms with Gasteiger partial charge in [0.1, 0.15) is 11.8 Å². The van der Waals surface area contributed by atoms with Crippen LogP contribution in [0.1, 0.15) is 33.2 Å². The highest BCUT2D eigenvalue weighted by molar-refractivity contribution is 8.00. The summed E-state index contributed by atoms with van der Waals surface area (Å²) in [5, 5.41) is 22.0. The molecule has 0 aliphatic carbocycles. The number of hydrogen-bond acceptors (Lipinski definition) is 8. The van der Waals surface area contributed by atoms with Gasteiger partial charge in [0.25, 0.3) is 5.78 Å². The zero-order chi connectivity index (χ0) is 24.5. The molecule has 3 heterocycles. The number of thioether (sulfide) groups is 1. The first kappa shape index (κ1) is 23.5. The molecule has 4 aromatic rings. The summed E-state index contributed by atoms with van der Waals surface area (Å²) in [5.41, 5.74) is 3.53. The monoisotopic (exact) mass is 519 g/mol. The minimum absolute atomic E-state index is 0.0693. The number of hydrogen-bond donors (Lipinski definition) is 1. The molecule has 1 unspecified atom stereocenters. The number of aryl methyl sites for hydroxylation is 2. The van der Waals surface area contributed by atoms with Crippen molar-refractivity contribution < 1.29 is 14.7 Å². The van der Waals surface area contributed by atoms with Gasteiger partial charge in [0.2, 0.25) is 5.13 Å². The van der Waals surface area contributed by atoms with Crippen LogP contribution in [0.25, 0.3) is 5.76 Å². The molecule has 0 spiro atoms. The van der Waals surface area contributed by atoms with Crippen LogP contribution in [0.15, 0.2) is 76.0 Å². The molecule has 9 heteroatoms. The molecule has 176 valence electrons. The Kier molecular flexibility index (Phi) is 6.55. The number of nitrogens with zero attached hydrogens (tertiary/aromatic N) is 3. The van der Waals surface area contributed by atoms with Crippen molar-refractivity contribution in [3.63, 3.8) is 0 Å². The summed E-state index contributed by atoms with van der Waals surface area (Å²) in [6.45, 7) is 3.78. The minimum atomic E-state index is -0.769. The molecule has 35 heavy (non-hydrogen) atoms. The number of aliphatic hydroxyl groups is 1. The van der Waals surface area contributed by atoms with E-state index in [1.807, 2.05) is 79.9 Å². The van der Waals surface area contributed by atoms with E-state index in [-0.39, 0.29) is 11.3 Å². The van der Waals surface area contributed by atoms with Crippen LogP contribution in [0.4, 0.5) is 5.13 Å². The standard InChI is InChI=1S/C26H21N3O3S3/c1-15-10-11-16(2)18(13-15)22(30)20-21(19-9-6-12-33-19)29(24(32)23(20)31)25-27-28-26(35-25)34-14-17-7-4-3-5-8-17/h3-13,21,30H,14H2,1-2H3. The van der Waals surface area contributed by atoms with Gasteiger partial charge >= 0.3 is 5.91 Å². The first-order valence-electron chi connectivity index (χ1n) is 10.9. The number of ketones is 1. The number of thiophene rings is 1. The van der Waals surface area contributed by atoms with E-state index in [0.717, 1.165) is 27.3 Å². The SMILES string of the molecule is Cc1ccc(C)c(C(O)=C2C(=O)C(=O)N(c3nnc(SCc4ccccc4)s3)C2c2cccs2)c1. The minimum Gasteiger partial charge on any atom is -0.507 e. The van der Waals surface area contributed by atoms with Crippen molar-refractivity contribution in [3.8, 4) is 0 Å². The molecule has 1 amide bonds. The van der Waals surface area contributed by atoms with Gasteiger partial charge in [0.15, 0.2) is 4.34 Å². The van der Waals surface area contributed by atoms with E-state index in [0.29, 0.717) is 15.0 Å². The third kappa shape index (κ3) is 4.54. The summed E-state index contributed by atoms with van der Waals surface area (Å²) >= 11 is 4.21. The van der Waals surface area contributed by atoms with Crippen LogP contribution in [-0.4, -0.2) is 27.0 Å². The Balaban J connectivity index is 1.54. The van der Waals surface area contributed by atoms with Crippen LogP contribution in [-0.2, 0) is 15.3 Å². The molecule has 0 bridgehead atoms. The van der Waals surface area contributed by atoms with Gasteiger partial charge in [0, 0.05) is 16.2 Å². The summed E-state index contributed by atoms with van der Waals surface area (Å²) < 4.78 is 0.699. The molecule has 6 nitrogen and oxygen atoms in total. The summed E-state index contributed by atoms with van der Waals surface area (Å²) in [5.74, 6) is -0.898. The average molecular weight is 520 g/mol. The lowest BCUT2D eigenvalue weighted by Gasteiger charge is -2.21. The van der Waals surface area contributed by atoms with Crippen molar-refractivity contribution in [2.45, 2.75) is 30.0 Å². The van der Waals surface area contributed by atoms with Gasteiger partial charge in [-0.2, -0.15) is 0 Å². The first-order valence-corrected chi connectivity index (χ1v) is 13.5. The van der Waals surface area contributed by atoms with Gasteiger partial charge in [0.05, 0.1) is 5.57 Å². The highest BCUT2D eigenvalue weighted by atomic mass is 32.2. The van der Waals surface area contributed by atoms with Crippen LogP contribution in [0.3, 0.4) is 0 Å². The number of carbonyl (C=O) groups excluding carboxylic acids is 2. The number of Topliss-reactive ketones (excluding diaryl/α,β-unsaturated/α-hetero) is 1. The maximum absolute atomic E-state index is 13.3. The summed E-state index contributed by atoms with van der Waals surface area (Å²) in [7, 11) is 0. The molecule has 0 radical (unpaired) electrons. The molecule has 2 aromatic carbocycles. The first-order chi connectivity index (χ1) is 16.9. The zero-order valence-electron chi connectivity index (χ0n) is 19.0. The number of aromatic nitrogens is 2. The Morgan fingerprint density at radius 3 is 2.60 bits per heavy atom. The predicted octanol–water partition coefficient (Wildman–Crippen LogP) is 6.14. The molecule has 1 fully saturated rings. The van der Waals surface area contributed by atoms with E-state index >= 15 is 0 Å². The predicted molar refractivity (Wildman–Crippen MR) is 141 cm³/mol. The highest BCUT2D eigenvalue weighted by Crippen LogP contribution is 2.45. The van der Waals surface area contributed by atoms with E-state index in [9.17, 15) is 14.7 Å². The van der Waals surface area contributed by atoms with Crippen molar-refractivity contribution in [2.75, 3.05) is 4.90 Å². The third-order valence-electron chi connectivity index (χ3n) is 5.71. The van der Waals surface area contributed by atoms with E-state index in [2.05, 4.69) is 10.2 Å². The molecular weight excluding hydrogens is 499 g/mol. The Morgan fingerprint density at radius 1 is 1.06 bits per heavy atom. The lowest BCUT2D eigenvalue weighted by molar-refractivity contribution is -0.132. The number of carbonyl (C=O) groups is 2. The Bertz CT molecular complexity index is 1430. The Labute approximate surface area is 215 Å². The van der Waals surface area contributed by atoms with Gasteiger partial charge < -0.3 is 5.11 Å². The fourth-order valence-electron chi connectivity index (χ4n) is 3.96. The normalized spacial score (nSPS) is 17.3. The van der Waals surface area contributed by atoms with Gasteiger partial charge in [-0.15, -0.1) is 21.5 Å². The molecule has 1 aliphatic heterocycles. The zero-order valence-corrected chi connectivity index (χ0v) is 21.4. The molecule has 0 saturated carbocycles. The van der Waals surface area contributed by atoms with E-state index in [1.54, 1.807) is 0 Å². The quantitative estimate of drug-likeness (QED) is 0.108.